The van der Waals surface area contributed by atoms with Crippen LogP contribution in [-0.2, 0) is 32.6 Å². The summed E-state index contributed by atoms with van der Waals surface area (Å²) in [6.45, 7) is 4.35. The summed E-state index contributed by atoms with van der Waals surface area (Å²) in [4.78, 5) is 23.4. The number of rotatable bonds is 26. The summed E-state index contributed by atoms with van der Waals surface area (Å²) in [7, 11) is 2.87. The Balaban J connectivity index is 4.08. The van der Waals surface area contributed by atoms with Gasteiger partial charge >= 0.3 is 5.97 Å². The van der Waals surface area contributed by atoms with Gasteiger partial charge in [-0.25, -0.2) is 0 Å². The molecule has 0 aromatic rings. The highest BCUT2D eigenvalue weighted by Gasteiger charge is 2.18. The van der Waals surface area contributed by atoms with Gasteiger partial charge in [-0.1, -0.05) is 77.6 Å². The number of quaternary nitrogens is 1. The maximum atomic E-state index is 12.0. The van der Waals surface area contributed by atoms with Crippen molar-refractivity contribution in [2.24, 2.45) is 0 Å². The van der Waals surface area contributed by atoms with Crippen molar-refractivity contribution in [3.8, 4) is 0 Å². The van der Waals surface area contributed by atoms with Crippen LogP contribution in [0.15, 0.2) is 0 Å². The van der Waals surface area contributed by atoms with Gasteiger partial charge in [0.15, 0.2) is 0 Å². The van der Waals surface area contributed by atoms with Gasteiger partial charge in [0.2, 0.25) is 0 Å². The molecule has 0 saturated carbocycles. The van der Waals surface area contributed by atoms with E-state index in [1.165, 1.54) is 78.2 Å². The SMILES string of the molecule is CCCCCCCCCCCCCCC(COCC(COP(=O)([O-])OCC[N+](C)(C)C)OC)OC(C)=O. The molecule has 3 atom stereocenters. The molecule has 37 heavy (non-hydrogen) atoms. The quantitative estimate of drug-likeness (QED) is 0.0619. The molecule has 0 aromatic heterocycles. The second kappa shape index (κ2) is 22.3. The molecule has 0 bridgehead atoms. The Kier molecular flexibility index (Phi) is 22.0. The molecule has 0 radical (unpaired) electrons. The maximum Gasteiger partial charge on any atom is 0.302 e. The molecule has 0 spiro atoms. The summed E-state index contributed by atoms with van der Waals surface area (Å²) in [6, 6.07) is 0. The van der Waals surface area contributed by atoms with Crippen molar-refractivity contribution in [3.05, 3.63) is 0 Å². The number of unbranched alkanes of at least 4 members (excludes halogenated alkanes) is 11. The van der Waals surface area contributed by atoms with Crippen LogP contribution in [0.1, 0.15) is 97.3 Å². The Morgan fingerprint density at radius 1 is 0.811 bits per heavy atom. The standard InChI is InChI=1S/C27H56NO8P/c1-7-8-9-10-11-12-13-14-15-16-17-18-19-26(36-25(2)29)22-33-23-27(32-6)24-35-37(30,31)34-21-20-28(3,4)5/h26-27H,7-24H2,1-6H3. The van der Waals surface area contributed by atoms with Crippen molar-refractivity contribution >= 4 is 13.8 Å². The fourth-order valence-electron chi connectivity index (χ4n) is 3.78. The van der Waals surface area contributed by atoms with E-state index in [9.17, 15) is 14.3 Å². The molecule has 9 nitrogen and oxygen atoms in total. The average molecular weight is 554 g/mol. The molecule has 10 heteroatoms. The van der Waals surface area contributed by atoms with Gasteiger partial charge < -0.3 is 32.6 Å². The third kappa shape index (κ3) is 25.5. The number of likely N-dealkylation sites (N-methyl/N-ethyl adjacent to an activating group) is 1. The fraction of sp³-hybridized carbons (Fsp3) is 0.963. The highest BCUT2D eigenvalue weighted by molar-refractivity contribution is 7.45. The maximum absolute atomic E-state index is 12.0. The van der Waals surface area contributed by atoms with Crippen molar-refractivity contribution in [1.29, 1.82) is 0 Å². The lowest BCUT2D eigenvalue weighted by atomic mass is 10.0. The largest absolute Gasteiger partial charge is 0.756 e. The molecule has 0 aliphatic rings. The molecule has 222 valence electrons. The van der Waals surface area contributed by atoms with Gasteiger partial charge in [0, 0.05) is 14.0 Å². The van der Waals surface area contributed by atoms with Gasteiger partial charge in [0.1, 0.15) is 25.4 Å². The first-order valence-corrected chi connectivity index (χ1v) is 15.6. The van der Waals surface area contributed by atoms with Crippen molar-refractivity contribution in [3.63, 3.8) is 0 Å². The van der Waals surface area contributed by atoms with Crippen LogP contribution < -0.4 is 4.89 Å². The van der Waals surface area contributed by atoms with E-state index in [1.54, 1.807) is 0 Å². The molecule has 0 aromatic carbocycles. The number of carbonyl (C=O) groups is 1. The predicted octanol–water partition coefficient (Wildman–Crippen LogP) is 5.25. The van der Waals surface area contributed by atoms with Crippen LogP contribution in [0.4, 0.5) is 0 Å². The van der Waals surface area contributed by atoms with E-state index in [1.807, 2.05) is 21.1 Å². The molecule has 0 rings (SSSR count). The molecule has 0 heterocycles. The Morgan fingerprint density at radius 3 is 1.81 bits per heavy atom. The van der Waals surface area contributed by atoms with Crippen LogP contribution in [0, 0.1) is 0 Å². The van der Waals surface area contributed by atoms with Crippen LogP contribution in [0.5, 0.6) is 0 Å². The zero-order valence-electron chi connectivity index (χ0n) is 24.5. The van der Waals surface area contributed by atoms with Crippen molar-refractivity contribution in [1.82, 2.24) is 0 Å². The minimum absolute atomic E-state index is 0.0433. The summed E-state index contributed by atoms with van der Waals surface area (Å²) in [5.74, 6) is -0.336. The first-order chi connectivity index (χ1) is 17.5. The monoisotopic (exact) mass is 553 g/mol. The third-order valence-corrected chi connectivity index (χ3v) is 7.05. The first-order valence-electron chi connectivity index (χ1n) is 14.2. The predicted molar refractivity (Wildman–Crippen MR) is 145 cm³/mol. The Morgan fingerprint density at radius 2 is 1.32 bits per heavy atom. The molecule has 0 saturated heterocycles. The van der Waals surface area contributed by atoms with E-state index >= 15 is 0 Å². The van der Waals surface area contributed by atoms with Crippen molar-refractivity contribution in [2.75, 3.05) is 61.2 Å². The number of nitrogens with zero attached hydrogens (tertiary/aromatic N) is 1. The Hall–Kier alpha value is -0.540. The number of esters is 1. The van der Waals surface area contributed by atoms with Gasteiger partial charge in [0.05, 0.1) is 41.0 Å². The van der Waals surface area contributed by atoms with Crippen molar-refractivity contribution < 1.29 is 42.0 Å². The van der Waals surface area contributed by atoms with E-state index in [2.05, 4.69) is 6.92 Å². The zero-order valence-corrected chi connectivity index (χ0v) is 25.4. The third-order valence-electron chi connectivity index (χ3n) is 6.08. The highest BCUT2D eigenvalue weighted by Crippen LogP contribution is 2.38. The van der Waals surface area contributed by atoms with Crippen molar-refractivity contribution in [2.45, 2.75) is 110 Å². The zero-order chi connectivity index (χ0) is 28.0. The number of hydrogen-bond donors (Lipinski definition) is 0. The number of phosphoric ester groups is 1. The molecular formula is C27H56NO8P. The molecule has 0 N–H and O–H groups in total. The van der Waals surface area contributed by atoms with E-state index in [0.717, 1.165) is 19.3 Å². The smallest absolute Gasteiger partial charge is 0.302 e. The topological polar surface area (TPSA) is 103 Å². The van der Waals surface area contributed by atoms with E-state index in [0.29, 0.717) is 11.0 Å². The number of ether oxygens (including phenoxy) is 3. The fourth-order valence-corrected chi connectivity index (χ4v) is 4.51. The summed E-state index contributed by atoms with van der Waals surface area (Å²) >= 11 is 0. The summed E-state index contributed by atoms with van der Waals surface area (Å²) in [5.41, 5.74) is 0. The minimum Gasteiger partial charge on any atom is -0.756 e. The number of hydrogen-bond acceptors (Lipinski definition) is 8. The Labute approximate surface area is 226 Å². The first kappa shape index (κ1) is 36.5. The second-order valence-corrected chi connectivity index (χ2v) is 12.3. The Bertz CT molecular complexity index is 599. The van der Waals surface area contributed by atoms with Gasteiger partial charge in [-0.05, 0) is 12.8 Å². The lowest BCUT2D eigenvalue weighted by molar-refractivity contribution is -0.870. The van der Waals surface area contributed by atoms with Crippen LogP contribution in [-0.4, -0.2) is 83.9 Å². The van der Waals surface area contributed by atoms with Gasteiger partial charge in [-0.15, -0.1) is 0 Å². The number of carbonyl (C=O) groups excluding carboxylic acids is 1. The average Bonchev–Trinajstić information content (AvgIpc) is 2.80. The van der Waals surface area contributed by atoms with E-state index < -0.39 is 13.9 Å². The van der Waals surface area contributed by atoms with Crippen LogP contribution in [0.25, 0.3) is 0 Å². The molecular weight excluding hydrogens is 497 g/mol. The number of phosphoric acid groups is 1. The van der Waals surface area contributed by atoms with E-state index in [4.69, 9.17) is 23.3 Å². The summed E-state index contributed by atoms with van der Waals surface area (Å²) in [6.07, 6.45) is 15.1. The molecule has 0 amide bonds. The number of methoxy groups -OCH3 is 1. The molecule has 0 aliphatic heterocycles. The lowest BCUT2D eigenvalue weighted by Gasteiger charge is -2.28. The van der Waals surface area contributed by atoms with Crippen LogP contribution >= 0.6 is 7.82 Å². The molecule has 0 aliphatic carbocycles. The van der Waals surface area contributed by atoms with Gasteiger partial charge in [0.25, 0.3) is 7.82 Å². The van der Waals surface area contributed by atoms with Crippen LogP contribution in [0.3, 0.4) is 0 Å². The normalized spacial score (nSPS) is 15.3. The minimum atomic E-state index is -4.42. The van der Waals surface area contributed by atoms with Gasteiger partial charge in [-0.2, -0.15) is 0 Å². The van der Waals surface area contributed by atoms with E-state index in [-0.39, 0.29) is 38.5 Å². The van der Waals surface area contributed by atoms with Crippen LogP contribution in [0.2, 0.25) is 0 Å². The summed E-state index contributed by atoms with van der Waals surface area (Å²) < 4.78 is 38.7. The molecule has 3 unspecified atom stereocenters. The highest BCUT2D eigenvalue weighted by atomic mass is 31.2. The molecule has 0 fully saturated rings. The van der Waals surface area contributed by atoms with Gasteiger partial charge in [-0.3, -0.25) is 9.36 Å². The second-order valence-electron chi connectivity index (χ2n) is 10.9. The summed E-state index contributed by atoms with van der Waals surface area (Å²) in [5, 5.41) is 0. The lowest BCUT2D eigenvalue weighted by Crippen LogP contribution is -2.37.